The standard InChI is InChI=1S/C17H24O3/c18-12-8-3-1-2-7-11-16-17(20-16)14-19-13-15-9-5-4-6-10-15/h1-2,4-6,9-10,16-18H,3,7-8,11-14H2/b2-1+/t16-,17+/m1/s1. The van der Waals surface area contributed by atoms with Gasteiger partial charge in [-0.05, 0) is 31.2 Å². The molecular formula is C17H24O3. The highest BCUT2D eigenvalue weighted by Gasteiger charge is 2.37. The summed E-state index contributed by atoms with van der Waals surface area (Å²) in [4.78, 5) is 0. The average Bonchev–Trinajstić information content (AvgIpc) is 3.22. The van der Waals surface area contributed by atoms with Gasteiger partial charge >= 0.3 is 0 Å². The largest absolute Gasteiger partial charge is 0.396 e. The van der Waals surface area contributed by atoms with Crippen LogP contribution in [0.4, 0.5) is 0 Å². The van der Waals surface area contributed by atoms with E-state index in [1.807, 2.05) is 18.2 Å². The van der Waals surface area contributed by atoms with Gasteiger partial charge < -0.3 is 14.6 Å². The van der Waals surface area contributed by atoms with Crippen LogP contribution in [0.1, 0.15) is 31.2 Å². The molecule has 110 valence electrons. The molecule has 3 nitrogen and oxygen atoms in total. The maximum absolute atomic E-state index is 8.65. The van der Waals surface area contributed by atoms with Crippen LogP contribution in [0.5, 0.6) is 0 Å². The molecule has 2 rings (SSSR count). The van der Waals surface area contributed by atoms with Crippen LogP contribution in [0, 0.1) is 0 Å². The van der Waals surface area contributed by atoms with Crippen molar-refractivity contribution in [3.63, 3.8) is 0 Å². The molecule has 1 heterocycles. The van der Waals surface area contributed by atoms with Gasteiger partial charge in [-0.2, -0.15) is 0 Å². The maximum Gasteiger partial charge on any atom is 0.107 e. The quantitative estimate of drug-likeness (QED) is 0.406. The van der Waals surface area contributed by atoms with E-state index in [1.54, 1.807) is 0 Å². The van der Waals surface area contributed by atoms with Gasteiger partial charge in [0.2, 0.25) is 0 Å². The Morgan fingerprint density at radius 3 is 2.70 bits per heavy atom. The first-order valence-electron chi connectivity index (χ1n) is 7.43. The van der Waals surface area contributed by atoms with Gasteiger partial charge in [0, 0.05) is 6.61 Å². The smallest absolute Gasteiger partial charge is 0.107 e. The molecule has 0 unspecified atom stereocenters. The molecule has 1 fully saturated rings. The highest BCUT2D eigenvalue weighted by molar-refractivity contribution is 5.13. The Morgan fingerprint density at radius 2 is 1.90 bits per heavy atom. The van der Waals surface area contributed by atoms with Gasteiger partial charge in [0.05, 0.1) is 19.3 Å². The summed E-state index contributed by atoms with van der Waals surface area (Å²) >= 11 is 0. The van der Waals surface area contributed by atoms with E-state index in [9.17, 15) is 0 Å². The minimum absolute atomic E-state index is 0.275. The first kappa shape index (κ1) is 15.2. The van der Waals surface area contributed by atoms with Crippen LogP contribution < -0.4 is 0 Å². The fourth-order valence-corrected chi connectivity index (χ4v) is 2.15. The predicted molar refractivity (Wildman–Crippen MR) is 79.5 cm³/mol. The highest BCUT2D eigenvalue weighted by atomic mass is 16.6. The van der Waals surface area contributed by atoms with Crippen molar-refractivity contribution in [3.05, 3.63) is 48.0 Å². The number of unbranched alkanes of at least 4 members (excludes halogenated alkanes) is 1. The summed E-state index contributed by atoms with van der Waals surface area (Å²) in [6, 6.07) is 10.2. The third kappa shape index (κ3) is 5.87. The minimum atomic E-state index is 0.275. The van der Waals surface area contributed by atoms with E-state index in [0.717, 1.165) is 25.7 Å². The van der Waals surface area contributed by atoms with Crippen molar-refractivity contribution < 1.29 is 14.6 Å². The topological polar surface area (TPSA) is 42.0 Å². The van der Waals surface area contributed by atoms with Gasteiger partial charge in [-0.3, -0.25) is 0 Å². The van der Waals surface area contributed by atoms with Gasteiger partial charge in [0.25, 0.3) is 0 Å². The molecule has 2 atom stereocenters. The Balaban J connectivity index is 1.48. The fourth-order valence-electron chi connectivity index (χ4n) is 2.15. The summed E-state index contributed by atoms with van der Waals surface area (Å²) in [5, 5.41) is 8.65. The molecule has 1 aromatic rings. The normalized spacial score (nSPS) is 21.4. The number of hydrogen-bond acceptors (Lipinski definition) is 3. The number of ether oxygens (including phenoxy) is 2. The van der Waals surface area contributed by atoms with Crippen molar-refractivity contribution in [1.29, 1.82) is 0 Å². The number of aliphatic hydroxyl groups is 1. The summed E-state index contributed by atoms with van der Waals surface area (Å²) in [6.07, 6.45) is 8.90. The number of hydrogen-bond donors (Lipinski definition) is 1. The molecule has 20 heavy (non-hydrogen) atoms. The molecule has 1 aliphatic heterocycles. The zero-order valence-corrected chi connectivity index (χ0v) is 11.9. The summed E-state index contributed by atoms with van der Waals surface area (Å²) in [7, 11) is 0. The van der Waals surface area contributed by atoms with E-state index in [0.29, 0.717) is 19.3 Å². The lowest BCUT2D eigenvalue weighted by atomic mass is 10.2. The molecular weight excluding hydrogens is 252 g/mol. The maximum atomic E-state index is 8.65. The van der Waals surface area contributed by atoms with Crippen LogP contribution in [0.2, 0.25) is 0 Å². The minimum Gasteiger partial charge on any atom is -0.396 e. The Kier molecular flexibility index (Phi) is 6.78. The molecule has 0 radical (unpaired) electrons. The van der Waals surface area contributed by atoms with Crippen molar-refractivity contribution in [3.8, 4) is 0 Å². The zero-order chi connectivity index (χ0) is 14.0. The lowest BCUT2D eigenvalue weighted by Crippen LogP contribution is -2.04. The molecule has 0 spiro atoms. The molecule has 0 bridgehead atoms. The van der Waals surface area contributed by atoms with Crippen LogP contribution in [0.15, 0.2) is 42.5 Å². The van der Waals surface area contributed by atoms with Gasteiger partial charge in [-0.1, -0.05) is 42.5 Å². The molecule has 1 saturated heterocycles. The summed E-state index contributed by atoms with van der Waals surface area (Å²) in [5.41, 5.74) is 1.21. The van der Waals surface area contributed by atoms with E-state index < -0.39 is 0 Å². The fraction of sp³-hybridized carbons (Fsp3) is 0.529. The second-order valence-corrected chi connectivity index (χ2v) is 5.13. The Morgan fingerprint density at radius 1 is 1.10 bits per heavy atom. The van der Waals surface area contributed by atoms with Gasteiger partial charge in [0.15, 0.2) is 0 Å². The van der Waals surface area contributed by atoms with Crippen LogP contribution >= 0.6 is 0 Å². The number of allylic oxidation sites excluding steroid dienone is 2. The molecule has 1 aliphatic rings. The molecule has 0 amide bonds. The van der Waals surface area contributed by atoms with Crippen molar-refractivity contribution >= 4 is 0 Å². The van der Waals surface area contributed by atoms with Crippen molar-refractivity contribution in [2.45, 2.75) is 44.5 Å². The third-order valence-electron chi connectivity index (χ3n) is 3.39. The van der Waals surface area contributed by atoms with Crippen LogP contribution in [0.25, 0.3) is 0 Å². The molecule has 1 aromatic carbocycles. The number of epoxide rings is 1. The van der Waals surface area contributed by atoms with Gasteiger partial charge in [-0.15, -0.1) is 0 Å². The molecule has 1 N–H and O–H groups in total. The van der Waals surface area contributed by atoms with E-state index in [2.05, 4.69) is 24.3 Å². The zero-order valence-electron chi connectivity index (χ0n) is 11.9. The Labute approximate surface area is 121 Å². The molecule has 3 heteroatoms. The summed E-state index contributed by atoms with van der Waals surface area (Å²) < 4.78 is 11.2. The first-order chi connectivity index (χ1) is 9.90. The second kappa shape index (κ2) is 8.90. The van der Waals surface area contributed by atoms with E-state index in [-0.39, 0.29) is 12.7 Å². The average molecular weight is 276 g/mol. The summed E-state index contributed by atoms with van der Waals surface area (Å²) in [6.45, 7) is 1.62. The van der Waals surface area contributed by atoms with Crippen molar-refractivity contribution in [2.75, 3.05) is 13.2 Å². The Bertz CT molecular complexity index is 388. The first-order valence-corrected chi connectivity index (χ1v) is 7.43. The number of aliphatic hydroxyl groups excluding tert-OH is 1. The second-order valence-electron chi connectivity index (χ2n) is 5.13. The van der Waals surface area contributed by atoms with E-state index in [1.165, 1.54) is 5.56 Å². The molecule has 0 aliphatic carbocycles. The van der Waals surface area contributed by atoms with E-state index in [4.69, 9.17) is 14.6 Å². The van der Waals surface area contributed by atoms with Gasteiger partial charge in [-0.25, -0.2) is 0 Å². The lowest BCUT2D eigenvalue weighted by molar-refractivity contribution is 0.104. The molecule has 0 saturated carbocycles. The number of rotatable bonds is 10. The SMILES string of the molecule is OCCC/C=C/CC[C@H]1O[C@H]1COCc1ccccc1. The van der Waals surface area contributed by atoms with Crippen molar-refractivity contribution in [2.24, 2.45) is 0 Å². The third-order valence-corrected chi connectivity index (χ3v) is 3.39. The molecule has 0 aromatic heterocycles. The monoisotopic (exact) mass is 276 g/mol. The Hall–Kier alpha value is -1.16. The number of benzene rings is 1. The van der Waals surface area contributed by atoms with Gasteiger partial charge in [0.1, 0.15) is 6.10 Å². The highest BCUT2D eigenvalue weighted by Crippen LogP contribution is 2.27. The predicted octanol–water partition coefficient (Wildman–Crippen LogP) is 3.08. The van der Waals surface area contributed by atoms with Crippen molar-refractivity contribution in [1.82, 2.24) is 0 Å². The van der Waals surface area contributed by atoms with Crippen LogP contribution in [0.3, 0.4) is 0 Å². The van der Waals surface area contributed by atoms with Crippen LogP contribution in [-0.2, 0) is 16.1 Å². The lowest BCUT2D eigenvalue weighted by Gasteiger charge is -2.01. The van der Waals surface area contributed by atoms with E-state index >= 15 is 0 Å². The summed E-state index contributed by atoms with van der Waals surface area (Å²) in [5.74, 6) is 0. The van der Waals surface area contributed by atoms with Crippen LogP contribution in [-0.4, -0.2) is 30.5 Å².